The van der Waals surface area contributed by atoms with E-state index in [1.165, 1.54) is 11.8 Å². The quantitative estimate of drug-likeness (QED) is 0.292. The lowest BCUT2D eigenvalue weighted by Crippen LogP contribution is -2.30. The number of amides is 1. The number of unbranched alkanes of at least 4 members (excludes halogenated alkanes) is 2. The van der Waals surface area contributed by atoms with Gasteiger partial charge < -0.3 is 4.74 Å². The second-order valence-electron chi connectivity index (χ2n) is 7.39. The number of hydrogen-bond acceptors (Lipinski definition) is 4. The highest BCUT2D eigenvalue weighted by molar-refractivity contribution is 8.18. The van der Waals surface area contributed by atoms with Gasteiger partial charge in [0.25, 0.3) is 5.91 Å². The van der Waals surface area contributed by atoms with Crippen LogP contribution in [0.15, 0.2) is 58.4 Å². The predicted octanol–water partition coefficient (Wildman–Crippen LogP) is 6.79. The van der Waals surface area contributed by atoms with E-state index in [1.54, 1.807) is 0 Å². The molecule has 1 amide bonds. The lowest BCUT2D eigenvalue weighted by atomic mass is 10.2. The first-order valence-corrected chi connectivity index (χ1v) is 12.0. The maximum Gasteiger partial charge on any atom is 0.266 e. The lowest BCUT2D eigenvalue weighted by Gasteiger charge is -2.14. The maximum absolute atomic E-state index is 12.9. The molecular formula is C25H29ClN2O2S. The molecule has 1 heterocycles. The van der Waals surface area contributed by atoms with Gasteiger partial charge in [0, 0.05) is 23.7 Å². The summed E-state index contributed by atoms with van der Waals surface area (Å²) in [6.07, 6.45) is 6.09. The molecule has 1 saturated heterocycles. The van der Waals surface area contributed by atoms with E-state index in [0.717, 1.165) is 65.7 Å². The van der Waals surface area contributed by atoms with Gasteiger partial charge in [0.05, 0.1) is 4.91 Å². The van der Waals surface area contributed by atoms with Crippen LogP contribution in [0.25, 0.3) is 6.08 Å². The molecule has 0 radical (unpaired) electrons. The van der Waals surface area contributed by atoms with Crippen LogP contribution in [-0.2, 0) is 11.4 Å². The Balaban J connectivity index is 1.67. The summed E-state index contributed by atoms with van der Waals surface area (Å²) < 4.78 is 5.85. The number of rotatable bonds is 10. The number of nitrogens with zero attached hydrogens (tertiary/aromatic N) is 2. The third-order valence-corrected chi connectivity index (χ3v) is 6.33. The number of ether oxygens (including phenoxy) is 1. The van der Waals surface area contributed by atoms with Gasteiger partial charge in [0.1, 0.15) is 12.4 Å². The zero-order valence-corrected chi connectivity index (χ0v) is 19.7. The fourth-order valence-corrected chi connectivity index (χ4v) is 4.28. The Kier molecular flexibility index (Phi) is 9.04. The minimum atomic E-state index is 0.0488. The highest BCUT2D eigenvalue weighted by Crippen LogP contribution is 2.33. The molecule has 4 nitrogen and oxygen atoms in total. The van der Waals surface area contributed by atoms with E-state index in [-0.39, 0.29) is 5.91 Å². The van der Waals surface area contributed by atoms with Crippen molar-refractivity contribution in [1.82, 2.24) is 4.90 Å². The Labute approximate surface area is 194 Å². The first-order valence-electron chi connectivity index (χ1n) is 10.8. The SMILES string of the molecule is CCCCN=C1S/C(=C\c2ccc(OCc3ccccc3Cl)cc2)C(=O)N1CCCC. The molecular weight excluding hydrogens is 428 g/mol. The molecule has 0 bridgehead atoms. The van der Waals surface area contributed by atoms with Crippen molar-refractivity contribution in [3.63, 3.8) is 0 Å². The molecule has 0 atom stereocenters. The smallest absolute Gasteiger partial charge is 0.266 e. The van der Waals surface area contributed by atoms with E-state index >= 15 is 0 Å². The van der Waals surface area contributed by atoms with Crippen molar-refractivity contribution in [2.24, 2.45) is 4.99 Å². The van der Waals surface area contributed by atoms with E-state index in [4.69, 9.17) is 16.3 Å². The molecule has 0 unspecified atom stereocenters. The van der Waals surface area contributed by atoms with Crippen LogP contribution in [0.2, 0.25) is 5.02 Å². The third kappa shape index (κ3) is 6.62. The first kappa shape index (κ1) is 23.4. The van der Waals surface area contributed by atoms with Crippen molar-refractivity contribution in [1.29, 1.82) is 0 Å². The Bertz CT molecular complexity index is 941. The van der Waals surface area contributed by atoms with E-state index < -0.39 is 0 Å². The Morgan fingerprint density at radius 2 is 1.81 bits per heavy atom. The summed E-state index contributed by atoms with van der Waals surface area (Å²) in [6.45, 7) is 6.18. The number of carbonyl (C=O) groups excluding carboxylic acids is 1. The molecule has 31 heavy (non-hydrogen) atoms. The van der Waals surface area contributed by atoms with Gasteiger partial charge in [-0.1, -0.05) is 68.6 Å². The summed E-state index contributed by atoms with van der Waals surface area (Å²) in [4.78, 5) is 20.2. The molecule has 1 fully saturated rings. The first-order chi connectivity index (χ1) is 15.1. The molecule has 0 aliphatic carbocycles. The average Bonchev–Trinajstić information content (AvgIpc) is 3.07. The normalized spacial score (nSPS) is 16.5. The number of benzene rings is 2. The predicted molar refractivity (Wildman–Crippen MR) is 132 cm³/mol. The van der Waals surface area contributed by atoms with Crippen LogP contribution >= 0.6 is 23.4 Å². The van der Waals surface area contributed by atoms with Gasteiger partial charge in [0.2, 0.25) is 0 Å². The topological polar surface area (TPSA) is 41.9 Å². The summed E-state index contributed by atoms with van der Waals surface area (Å²) in [5, 5.41) is 1.53. The van der Waals surface area contributed by atoms with Crippen molar-refractivity contribution in [3.8, 4) is 5.75 Å². The maximum atomic E-state index is 12.9. The van der Waals surface area contributed by atoms with E-state index in [0.29, 0.717) is 11.6 Å². The van der Waals surface area contributed by atoms with Crippen LogP contribution in [0, 0.1) is 0 Å². The van der Waals surface area contributed by atoms with Gasteiger partial charge in [-0.15, -0.1) is 0 Å². The molecule has 3 rings (SSSR count). The Hall–Kier alpha value is -2.24. The lowest BCUT2D eigenvalue weighted by molar-refractivity contribution is -0.122. The average molecular weight is 457 g/mol. The Morgan fingerprint density at radius 1 is 1.06 bits per heavy atom. The molecule has 6 heteroatoms. The molecule has 0 saturated carbocycles. The molecule has 0 N–H and O–H groups in total. The van der Waals surface area contributed by atoms with Gasteiger partial charge in [0.15, 0.2) is 5.17 Å². The standard InChI is InChI=1S/C25H29ClN2O2S/c1-3-5-15-27-25-28(16-6-4-2)24(29)23(31-25)17-19-11-13-21(14-12-19)30-18-20-9-7-8-10-22(20)26/h7-14,17H,3-6,15-16,18H2,1-2H3/b23-17-,27-25?. The number of halogens is 1. The summed E-state index contributed by atoms with van der Waals surface area (Å²) in [7, 11) is 0. The number of hydrogen-bond donors (Lipinski definition) is 0. The van der Waals surface area contributed by atoms with Crippen LogP contribution < -0.4 is 4.74 Å². The molecule has 1 aliphatic rings. The van der Waals surface area contributed by atoms with Crippen LogP contribution in [0.1, 0.15) is 50.7 Å². The summed E-state index contributed by atoms with van der Waals surface area (Å²) in [5.74, 6) is 0.812. The van der Waals surface area contributed by atoms with Crippen LogP contribution in [0.4, 0.5) is 0 Å². The highest BCUT2D eigenvalue weighted by atomic mass is 35.5. The second-order valence-corrected chi connectivity index (χ2v) is 8.80. The van der Waals surface area contributed by atoms with Gasteiger partial charge >= 0.3 is 0 Å². The number of carbonyl (C=O) groups is 1. The van der Waals surface area contributed by atoms with Crippen molar-refractivity contribution >= 4 is 40.5 Å². The zero-order valence-electron chi connectivity index (χ0n) is 18.1. The van der Waals surface area contributed by atoms with Crippen LogP contribution in [0.5, 0.6) is 5.75 Å². The zero-order chi connectivity index (χ0) is 22.1. The van der Waals surface area contributed by atoms with Crippen LogP contribution in [-0.4, -0.2) is 29.1 Å². The van der Waals surface area contributed by atoms with Crippen molar-refractivity contribution in [2.45, 2.75) is 46.1 Å². The molecule has 1 aliphatic heterocycles. The van der Waals surface area contributed by atoms with Crippen molar-refractivity contribution in [3.05, 3.63) is 69.6 Å². The minimum Gasteiger partial charge on any atom is -0.489 e. The fraction of sp³-hybridized carbons (Fsp3) is 0.360. The minimum absolute atomic E-state index is 0.0488. The summed E-state index contributed by atoms with van der Waals surface area (Å²) in [6, 6.07) is 15.4. The molecule has 0 spiro atoms. The largest absolute Gasteiger partial charge is 0.489 e. The Morgan fingerprint density at radius 3 is 2.52 bits per heavy atom. The van der Waals surface area contributed by atoms with Gasteiger partial charge in [-0.3, -0.25) is 14.7 Å². The van der Waals surface area contributed by atoms with Gasteiger partial charge in [-0.05, 0) is 54.4 Å². The second kappa shape index (κ2) is 12.0. The molecule has 2 aromatic rings. The summed E-state index contributed by atoms with van der Waals surface area (Å²) in [5.41, 5.74) is 1.91. The molecule has 2 aromatic carbocycles. The van der Waals surface area contributed by atoms with Crippen molar-refractivity contribution in [2.75, 3.05) is 13.1 Å². The monoisotopic (exact) mass is 456 g/mol. The molecule has 164 valence electrons. The van der Waals surface area contributed by atoms with Gasteiger partial charge in [-0.25, -0.2) is 0 Å². The number of aliphatic imine (C=N–C) groups is 1. The number of thioether (sulfide) groups is 1. The highest BCUT2D eigenvalue weighted by Gasteiger charge is 2.32. The van der Waals surface area contributed by atoms with E-state index in [9.17, 15) is 4.79 Å². The third-order valence-electron chi connectivity index (χ3n) is 4.91. The van der Waals surface area contributed by atoms with Crippen LogP contribution in [0.3, 0.4) is 0 Å². The van der Waals surface area contributed by atoms with Gasteiger partial charge in [-0.2, -0.15) is 0 Å². The fourth-order valence-electron chi connectivity index (χ4n) is 3.06. The molecule has 0 aromatic heterocycles. The van der Waals surface area contributed by atoms with Crippen molar-refractivity contribution < 1.29 is 9.53 Å². The van der Waals surface area contributed by atoms with E-state index in [1.807, 2.05) is 59.5 Å². The van der Waals surface area contributed by atoms with E-state index in [2.05, 4.69) is 18.8 Å². The summed E-state index contributed by atoms with van der Waals surface area (Å²) >= 11 is 7.66. The number of amidine groups is 1.